The number of aromatic hydroxyl groups is 1. The van der Waals surface area contributed by atoms with Crippen LogP contribution in [0, 0.1) is 0 Å². The fourth-order valence-electron chi connectivity index (χ4n) is 2.32. The zero-order valence-corrected chi connectivity index (χ0v) is 15.6. The normalized spacial score (nSPS) is 10.7. The number of nitrogens with one attached hydrogen (secondary N) is 1. The summed E-state index contributed by atoms with van der Waals surface area (Å²) in [5.41, 5.74) is -0.578. The number of pyridine rings is 1. The highest BCUT2D eigenvalue weighted by Gasteiger charge is 2.21. The average molecular weight is 411 g/mol. The van der Waals surface area contributed by atoms with E-state index in [-0.39, 0.29) is 13.2 Å². The molecule has 0 atom stereocenters. The first-order valence-corrected chi connectivity index (χ1v) is 8.61. The Hall–Kier alpha value is -2.35. The van der Waals surface area contributed by atoms with Crippen LogP contribution in [0.5, 0.6) is 5.75 Å². The van der Waals surface area contributed by atoms with E-state index in [1.807, 2.05) is 6.92 Å². The second-order valence-electron chi connectivity index (χ2n) is 5.51. The topological polar surface area (TPSA) is 97.6 Å². The molecule has 0 aliphatic carbocycles. The second kappa shape index (κ2) is 8.15. The van der Waals surface area contributed by atoms with Crippen LogP contribution in [-0.4, -0.2) is 34.7 Å². The van der Waals surface area contributed by atoms with Crippen LogP contribution in [0.1, 0.15) is 30.1 Å². The number of carbonyl (C=O) groups excluding carboxylic acids is 2. The largest absolute Gasteiger partial charge is 0.506 e. The van der Waals surface area contributed by atoms with E-state index in [1.54, 1.807) is 18.2 Å². The van der Waals surface area contributed by atoms with Crippen molar-refractivity contribution in [1.29, 1.82) is 0 Å². The Morgan fingerprint density at radius 2 is 2.08 bits per heavy atom. The van der Waals surface area contributed by atoms with Gasteiger partial charge in [-0.2, -0.15) is 0 Å². The zero-order chi connectivity index (χ0) is 18.6. The van der Waals surface area contributed by atoms with Gasteiger partial charge in [0.05, 0.1) is 12.1 Å². The molecule has 0 unspecified atom stereocenters. The first-order chi connectivity index (χ1) is 11.9. The van der Waals surface area contributed by atoms with Crippen LogP contribution in [-0.2, 0) is 16.6 Å². The minimum Gasteiger partial charge on any atom is -0.506 e. The Balaban J connectivity index is 2.26. The van der Waals surface area contributed by atoms with Crippen LogP contribution in [0.15, 0.2) is 27.5 Å². The second-order valence-corrected chi connectivity index (χ2v) is 6.42. The van der Waals surface area contributed by atoms with Crippen molar-refractivity contribution in [2.24, 2.45) is 7.05 Å². The summed E-state index contributed by atoms with van der Waals surface area (Å²) in [6.45, 7) is 1.87. The summed E-state index contributed by atoms with van der Waals surface area (Å²) in [6.07, 6.45) is 1.62. The molecule has 0 aliphatic rings. The molecule has 25 heavy (non-hydrogen) atoms. The van der Waals surface area contributed by atoms with E-state index in [0.717, 1.165) is 17.3 Å². The standard InChI is InChI=1S/C17H19BrN2O5/c1-3-4-7-25-13(21)9-19-16(23)14-15(22)11-6-5-10(18)8-12(11)20(2)17(14)24/h5-6,8,22H,3-4,7,9H2,1-2H3,(H,19,23). The van der Waals surface area contributed by atoms with Gasteiger partial charge in [-0.05, 0) is 24.6 Å². The Morgan fingerprint density at radius 3 is 2.76 bits per heavy atom. The molecule has 0 saturated heterocycles. The molecule has 0 fully saturated rings. The summed E-state index contributed by atoms with van der Waals surface area (Å²) in [4.78, 5) is 36.3. The fraction of sp³-hybridized carbons (Fsp3) is 0.353. The van der Waals surface area contributed by atoms with E-state index in [1.165, 1.54) is 11.6 Å². The third-order valence-electron chi connectivity index (χ3n) is 3.71. The number of aryl methyl sites for hydroxylation is 1. The molecule has 1 aromatic heterocycles. The molecule has 2 rings (SSSR count). The molecule has 1 heterocycles. The smallest absolute Gasteiger partial charge is 0.325 e. The van der Waals surface area contributed by atoms with E-state index >= 15 is 0 Å². The van der Waals surface area contributed by atoms with Crippen LogP contribution in [0.4, 0.5) is 0 Å². The summed E-state index contributed by atoms with van der Waals surface area (Å²) in [5, 5.41) is 13.0. The van der Waals surface area contributed by atoms with Gasteiger partial charge in [0.1, 0.15) is 17.9 Å². The molecule has 8 heteroatoms. The number of carbonyl (C=O) groups is 2. The monoisotopic (exact) mass is 410 g/mol. The quantitative estimate of drug-likeness (QED) is 0.561. The molecule has 1 aromatic carbocycles. The van der Waals surface area contributed by atoms with E-state index in [0.29, 0.717) is 10.9 Å². The zero-order valence-electron chi connectivity index (χ0n) is 14.0. The van der Waals surface area contributed by atoms with Gasteiger partial charge in [0.2, 0.25) is 0 Å². The van der Waals surface area contributed by atoms with Gasteiger partial charge < -0.3 is 19.7 Å². The minimum absolute atomic E-state index is 0.281. The number of esters is 1. The minimum atomic E-state index is -0.824. The number of aromatic nitrogens is 1. The number of hydrogen-bond donors (Lipinski definition) is 2. The Labute approximate surface area is 152 Å². The van der Waals surface area contributed by atoms with Gasteiger partial charge in [-0.15, -0.1) is 0 Å². The maximum atomic E-state index is 12.4. The molecular weight excluding hydrogens is 392 g/mol. The molecule has 0 bridgehead atoms. The number of nitrogens with zero attached hydrogens (tertiary/aromatic N) is 1. The van der Waals surface area contributed by atoms with Gasteiger partial charge in [0.15, 0.2) is 0 Å². The van der Waals surface area contributed by atoms with E-state index in [2.05, 4.69) is 21.2 Å². The Bertz CT molecular complexity index is 875. The summed E-state index contributed by atoms with van der Waals surface area (Å²) in [7, 11) is 1.51. The number of unbranched alkanes of at least 4 members (excludes halogenated alkanes) is 1. The third kappa shape index (κ3) is 4.19. The van der Waals surface area contributed by atoms with Crippen molar-refractivity contribution in [3.63, 3.8) is 0 Å². The molecule has 2 N–H and O–H groups in total. The number of fused-ring (bicyclic) bond motifs is 1. The van der Waals surface area contributed by atoms with Crippen molar-refractivity contribution in [2.75, 3.05) is 13.2 Å². The number of amides is 1. The molecule has 1 amide bonds. The predicted molar refractivity (Wildman–Crippen MR) is 96.8 cm³/mol. The van der Waals surface area contributed by atoms with Crippen molar-refractivity contribution in [2.45, 2.75) is 19.8 Å². The Morgan fingerprint density at radius 1 is 1.36 bits per heavy atom. The van der Waals surface area contributed by atoms with E-state index < -0.39 is 28.7 Å². The molecular formula is C17H19BrN2O5. The van der Waals surface area contributed by atoms with E-state index in [9.17, 15) is 19.5 Å². The fourth-order valence-corrected chi connectivity index (χ4v) is 2.67. The first kappa shape index (κ1) is 19.0. The highest BCUT2D eigenvalue weighted by molar-refractivity contribution is 9.10. The number of hydrogen-bond acceptors (Lipinski definition) is 5. The van der Waals surface area contributed by atoms with Crippen molar-refractivity contribution in [3.8, 4) is 5.75 Å². The molecule has 0 saturated carbocycles. The molecule has 0 radical (unpaired) electrons. The maximum absolute atomic E-state index is 12.4. The van der Waals surface area contributed by atoms with Crippen molar-refractivity contribution in [1.82, 2.24) is 9.88 Å². The number of benzene rings is 1. The van der Waals surface area contributed by atoms with Gasteiger partial charge >= 0.3 is 5.97 Å². The lowest BCUT2D eigenvalue weighted by atomic mass is 10.1. The first-order valence-electron chi connectivity index (χ1n) is 7.81. The molecule has 0 aliphatic heterocycles. The van der Waals surface area contributed by atoms with Gasteiger partial charge in [0, 0.05) is 16.9 Å². The van der Waals surface area contributed by atoms with Crippen molar-refractivity contribution < 1.29 is 19.4 Å². The number of rotatable bonds is 6. The van der Waals surface area contributed by atoms with Crippen LogP contribution in [0.2, 0.25) is 0 Å². The summed E-state index contributed by atoms with van der Waals surface area (Å²) < 4.78 is 6.94. The number of ether oxygens (including phenoxy) is 1. The summed E-state index contributed by atoms with van der Waals surface area (Å²) >= 11 is 3.30. The summed E-state index contributed by atoms with van der Waals surface area (Å²) in [5.74, 6) is -1.83. The SMILES string of the molecule is CCCCOC(=O)CNC(=O)c1c(O)c2ccc(Br)cc2n(C)c1=O. The third-order valence-corrected chi connectivity index (χ3v) is 4.21. The lowest BCUT2D eigenvalue weighted by Gasteiger charge is -2.12. The lowest BCUT2D eigenvalue weighted by Crippen LogP contribution is -2.36. The van der Waals surface area contributed by atoms with Crippen LogP contribution < -0.4 is 10.9 Å². The average Bonchev–Trinajstić information content (AvgIpc) is 2.58. The van der Waals surface area contributed by atoms with E-state index in [4.69, 9.17) is 4.74 Å². The predicted octanol–water partition coefficient (Wildman–Crippen LogP) is 2.08. The van der Waals surface area contributed by atoms with Crippen LogP contribution >= 0.6 is 15.9 Å². The van der Waals surface area contributed by atoms with Gasteiger partial charge in [0.25, 0.3) is 11.5 Å². The maximum Gasteiger partial charge on any atom is 0.325 e. The van der Waals surface area contributed by atoms with Gasteiger partial charge in [-0.1, -0.05) is 29.3 Å². The molecule has 2 aromatic rings. The number of halogens is 1. The van der Waals surface area contributed by atoms with Gasteiger partial charge in [-0.25, -0.2) is 0 Å². The van der Waals surface area contributed by atoms with Crippen molar-refractivity contribution in [3.05, 3.63) is 38.6 Å². The molecule has 134 valence electrons. The highest BCUT2D eigenvalue weighted by atomic mass is 79.9. The lowest BCUT2D eigenvalue weighted by molar-refractivity contribution is -0.142. The van der Waals surface area contributed by atoms with Crippen LogP contribution in [0.25, 0.3) is 10.9 Å². The Kier molecular flexibility index (Phi) is 6.19. The van der Waals surface area contributed by atoms with Gasteiger partial charge in [-0.3, -0.25) is 14.4 Å². The van der Waals surface area contributed by atoms with Crippen molar-refractivity contribution >= 4 is 38.7 Å². The molecule has 0 spiro atoms. The van der Waals surface area contributed by atoms with Crippen LogP contribution in [0.3, 0.4) is 0 Å². The summed E-state index contributed by atoms with van der Waals surface area (Å²) in [6, 6.07) is 4.96. The highest BCUT2D eigenvalue weighted by Crippen LogP contribution is 2.28. The molecule has 7 nitrogen and oxygen atoms in total.